The number of hydrogen-bond donors (Lipinski definition) is 2. The Bertz CT molecular complexity index is 582. The van der Waals surface area contributed by atoms with Gasteiger partial charge in [-0.2, -0.15) is 0 Å². The summed E-state index contributed by atoms with van der Waals surface area (Å²) in [5.74, 6) is 0.279. The predicted molar refractivity (Wildman–Crippen MR) is 90.9 cm³/mol. The van der Waals surface area contributed by atoms with Gasteiger partial charge in [-0.1, -0.05) is 19.0 Å². The molecule has 1 heterocycles. The van der Waals surface area contributed by atoms with Gasteiger partial charge in [-0.15, -0.1) is 0 Å². The summed E-state index contributed by atoms with van der Waals surface area (Å²) in [6.45, 7) is 14.9. The maximum absolute atomic E-state index is 12.6. The van der Waals surface area contributed by atoms with E-state index in [0.29, 0.717) is 17.0 Å². The standard InChI is InChI=1S/C17H29N3O4/c1-10(2)17(8,9-18-15(22)23-16(5,6)7)19-14(21)13-11(3)20-24-12(13)4/h10H,9H2,1-8H3,(H,18,22)(H,19,21). The number of carbonyl (C=O) groups is 2. The molecule has 0 spiro atoms. The zero-order valence-electron chi connectivity index (χ0n) is 15.9. The largest absolute Gasteiger partial charge is 0.444 e. The highest BCUT2D eigenvalue weighted by atomic mass is 16.6. The molecule has 0 saturated carbocycles. The molecule has 7 heteroatoms. The van der Waals surface area contributed by atoms with E-state index in [-0.39, 0.29) is 18.4 Å². The Hall–Kier alpha value is -2.05. The predicted octanol–water partition coefficient (Wildman–Crippen LogP) is 2.96. The van der Waals surface area contributed by atoms with Gasteiger partial charge in [-0.3, -0.25) is 4.79 Å². The first-order valence-electron chi connectivity index (χ1n) is 8.08. The van der Waals surface area contributed by atoms with Crippen molar-refractivity contribution in [3.63, 3.8) is 0 Å². The topological polar surface area (TPSA) is 93.5 Å². The van der Waals surface area contributed by atoms with E-state index in [4.69, 9.17) is 9.26 Å². The van der Waals surface area contributed by atoms with Gasteiger partial charge in [-0.25, -0.2) is 4.79 Å². The van der Waals surface area contributed by atoms with Crippen LogP contribution in [0.3, 0.4) is 0 Å². The first kappa shape index (κ1) is 20.0. The number of ether oxygens (including phenoxy) is 1. The van der Waals surface area contributed by atoms with Crippen LogP contribution < -0.4 is 10.6 Å². The first-order chi connectivity index (χ1) is 10.9. The molecule has 24 heavy (non-hydrogen) atoms. The van der Waals surface area contributed by atoms with Gasteiger partial charge < -0.3 is 19.9 Å². The fourth-order valence-corrected chi connectivity index (χ4v) is 2.09. The Kier molecular flexibility index (Phi) is 6.03. The van der Waals surface area contributed by atoms with Gasteiger partial charge >= 0.3 is 6.09 Å². The minimum atomic E-state index is -0.649. The number of aryl methyl sites for hydroxylation is 2. The van der Waals surface area contributed by atoms with Crippen LogP contribution in [0.25, 0.3) is 0 Å². The summed E-state index contributed by atoms with van der Waals surface area (Å²) < 4.78 is 10.3. The highest BCUT2D eigenvalue weighted by Gasteiger charge is 2.33. The molecule has 0 radical (unpaired) electrons. The van der Waals surface area contributed by atoms with Crippen LogP contribution in [-0.4, -0.2) is 34.8 Å². The van der Waals surface area contributed by atoms with E-state index in [1.807, 2.05) is 20.8 Å². The van der Waals surface area contributed by atoms with Gasteiger partial charge in [0.2, 0.25) is 0 Å². The average Bonchev–Trinajstić information content (AvgIpc) is 2.74. The van der Waals surface area contributed by atoms with Gasteiger partial charge in [0, 0.05) is 6.54 Å². The third-order valence-corrected chi connectivity index (χ3v) is 3.93. The van der Waals surface area contributed by atoms with Gasteiger partial charge in [0.15, 0.2) is 0 Å². The van der Waals surface area contributed by atoms with E-state index in [1.54, 1.807) is 34.6 Å². The van der Waals surface area contributed by atoms with Crippen LogP contribution in [0.1, 0.15) is 63.4 Å². The van der Waals surface area contributed by atoms with Crippen molar-refractivity contribution in [3.05, 3.63) is 17.0 Å². The number of rotatable bonds is 5. The maximum atomic E-state index is 12.6. The normalized spacial score (nSPS) is 14.2. The summed E-state index contributed by atoms with van der Waals surface area (Å²) >= 11 is 0. The molecule has 2 amide bonds. The van der Waals surface area contributed by atoms with Crippen LogP contribution in [0.15, 0.2) is 4.52 Å². The minimum absolute atomic E-state index is 0.0804. The zero-order valence-corrected chi connectivity index (χ0v) is 15.9. The molecule has 0 aromatic carbocycles. The van der Waals surface area contributed by atoms with E-state index in [0.717, 1.165) is 0 Å². The van der Waals surface area contributed by atoms with Crippen molar-refractivity contribution in [2.45, 2.75) is 66.5 Å². The summed E-state index contributed by atoms with van der Waals surface area (Å²) in [6.07, 6.45) is -0.513. The lowest BCUT2D eigenvalue weighted by molar-refractivity contribution is 0.0497. The molecule has 0 bridgehead atoms. The highest BCUT2D eigenvalue weighted by Crippen LogP contribution is 2.19. The summed E-state index contributed by atoms with van der Waals surface area (Å²) in [4.78, 5) is 24.5. The van der Waals surface area contributed by atoms with Crippen LogP contribution in [-0.2, 0) is 4.74 Å². The van der Waals surface area contributed by atoms with Crippen molar-refractivity contribution in [1.29, 1.82) is 0 Å². The third-order valence-electron chi connectivity index (χ3n) is 3.93. The summed E-state index contributed by atoms with van der Waals surface area (Å²) in [5.41, 5.74) is -0.252. The lowest BCUT2D eigenvalue weighted by Crippen LogP contribution is -2.57. The Morgan fingerprint density at radius 1 is 1.21 bits per heavy atom. The number of alkyl carbamates (subject to hydrolysis) is 1. The van der Waals surface area contributed by atoms with Crippen molar-refractivity contribution < 1.29 is 18.8 Å². The lowest BCUT2D eigenvalue weighted by Gasteiger charge is -2.35. The van der Waals surface area contributed by atoms with Gasteiger partial charge in [0.1, 0.15) is 16.9 Å². The average molecular weight is 339 g/mol. The molecular formula is C17H29N3O4. The van der Waals surface area contributed by atoms with Crippen molar-refractivity contribution >= 4 is 12.0 Å². The summed E-state index contributed by atoms with van der Waals surface area (Å²) in [7, 11) is 0. The lowest BCUT2D eigenvalue weighted by atomic mass is 9.88. The summed E-state index contributed by atoms with van der Waals surface area (Å²) in [6, 6.07) is 0. The smallest absolute Gasteiger partial charge is 0.407 e. The molecule has 1 unspecified atom stereocenters. The third kappa shape index (κ3) is 5.25. The molecule has 0 aliphatic carbocycles. The number of carbonyl (C=O) groups excluding carboxylic acids is 2. The number of nitrogens with zero attached hydrogens (tertiary/aromatic N) is 1. The van der Waals surface area contributed by atoms with Crippen LogP contribution in [0, 0.1) is 19.8 Å². The number of aromatic nitrogens is 1. The van der Waals surface area contributed by atoms with Crippen LogP contribution in [0.2, 0.25) is 0 Å². The number of amides is 2. The molecule has 136 valence electrons. The molecule has 1 rings (SSSR count). The fourth-order valence-electron chi connectivity index (χ4n) is 2.09. The molecular weight excluding hydrogens is 310 g/mol. The van der Waals surface area contributed by atoms with E-state index in [9.17, 15) is 9.59 Å². The Morgan fingerprint density at radius 3 is 2.21 bits per heavy atom. The molecule has 1 aromatic rings. The number of nitrogens with one attached hydrogen (secondary N) is 2. The van der Waals surface area contributed by atoms with Crippen molar-refractivity contribution in [1.82, 2.24) is 15.8 Å². The van der Waals surface area contributed by atoms with Gasteiger partial charge in [0.05, 0.1) is 11.2 Å². The fraction of sp³-hybridized carbons (Fsp3) is 0.706. The molecule has 7 nitrogen and oxygen atoms in total. The molecule has 2 N–H and O–H groups in total. The second kappa shape index (κ2) is 7.23. The second-order valence-corrected chi connectivity index (χ2v) is 7.58. The Balaban J connectivity index is 2.82. The Morgan fingerprint density at radius 2 is 1.79 bits per heavy atom. The molecule has 0 aliphatic heterocycles. The first-order valence-corrected chi connectivity index (χ1v) is 8.08. The van der Waals surface area contributed by atoms with E-state index >= 15 is 0 Å². The van der Waals surface area contributed by atoms with Gasteiger partial charge in [-0.05, 0) is 47.5 Å². The maximum Gasteiger partial charge on any atom is 0.407 e. The zero-order chi connectivity index (χ0) is 18.7. The van der Waals surface area contributed by atoms with Crippen LogP contribution >= 0.6 is 0 Å². The molecule has 0 fully saturated rings. The monoisotopic (exact) mass is 339 g/mol. The molecule has 0 aliphatic rings. The van der Waals surface area contributed by atoms with Crippen LogP contribution in [0.4, 0.5) is 4.79 Å². The highest BCUT2D eigenvalue weighted by molar-refractivity contribution is 5.96. The number of hydrogen-bond acceptors (Lipinski definition) is 5. The Labute approximate surface area is 143 Å². The van der Waals surface area contributed by atoms with E-state index < -0.39 is 17.2 Å². The van der Waals surface area contributed by atoms with Crippen molar-refractivity contribution in [2.24, 2.45) is 5.92 Å². The second-order valence-electron chi connectivity index (χ2n) is 7.58. The molecule has 0 saturated heterocycles. The van der Waals surface area contributed by atoms with Crippen LogP contribution in [0.5, 0.6) is 0 Å². The van der Waals surface area contributed by atoms with E-state index in [1.165, 1.54) is 0 Å². The summed E-state index contributed by atoms with van der Waals surface area (Å²) in [5, 5.41) is 9.51. The quantitative estimate of drug-likeness (QED) is 0.860. The van der Waals surface area contributed by atoms with E-state index in [2.05, 4.69) is 15.8 Å². The minimum Gasteiger partial charge on any atom is -0.444 e. The van der Waals surface area contributed by atoms with Crippen molar-refractivity contribution in [3.8, 4) is 0 Å². The van der Waals surface area contributed by atoms with Crippen molar-refractivity contribution in [2.75, 3.05) is 6.54 Å². The molecule has 1 aromatic heterocycles. The van der Waals surface area contributed by atoms with Gasteiger partial charge in [0.25, 0.3) is 5.91 Å². The molecule has 1 atom stereocenters. The SMILES string of the molecule is Cc1noc(C)c1C(=O)NC(C)(CNC(=O)OC(C)(C)C)C(C)C.